The van der Waals surface area contributed by atoms with Crippen LogP contribution in [-0.2, 0) is 0 Å². The molecular formula is C2H10B9Cs. The number of hydrogen-bond acceptors (Lipinski definition) is 0. The number of rotatable bonds is 0. The molecule has 2 saturated heterocycles. The van der Waals surface area contributed by atoms with Gasteiger partial charge in [0.15, 0.2) is 0 Å². The van der Waals surface area contributed by atoms with Gasteiger partial charge in [-0.2, -0.15) is 7.06 Å². The summed E-state index contributed by atoms with van der Waals surface area (Å²) < 4.78 is 0. The van der Waals surface area contributed by atoms with E-state index in [1.54, 1.807) is 0 Å². The van der Waals surface area contributed by atoms with Crippen molar-refractivity contribution in [2.45, 2.75) is 11.4 Å². The molecule has 0 amide bonds. The summed E-state index contributed by atoms with van der Waals surface area (Å²) in [5.41, 5.74) is 2.11. The Kier molecular flexibility index (Phi) is 7.41. The smallest absolute Gasteiger partial charge is 0.391 e. The van der Waals surface area contributed by atoms with Crippen molar-refractivity contribution in [3.05, 3.63) is 0 Å². The van der Waals surface area contributed by atoms with Crippen molar-refractivity contribution >= 4 is 64.0 Å². The van der Waals surface area contributed by atoms with Crippen LogP contribution in [0, 0.1) is 0 Å². The minimum Gasteiger partial charge on any atom is -0.391 e. The van der Waals surface area contributed by atoms with Crippen LogP contribution in [0.2, 0.25) is 11.4 Å². The standard InChI is InChI=1S/C2H10B9.Cs/c3-1-2(4-8-7-3)6-10-11-9-5-1;/h1-5,7-11H;/q-1;+1. The van der Waals surface area contributed by atoms with Gasteiger partial charge in [-0.25, -0.2) is 0 Å². The normalized spacial score (nSPS) is 30.7. The van der Waals surface area contributed by atoms with Crippen LogP contribution in [-0.4, -0.2) is 64.0 Å². The van der Waals surface area contributed by atoms with Crippen LogP contribution < -0.4 is 68.9 Å². The second-order valence-electron chi connectivity index (χ2n) is 4.23. The van der Waals surface area contributed by atoms with Crippen molar-refractivity contribution < 1.29 is 68.9 Å². The summed E-state index contributed by atoms with van der Waals surface area (Å²) in [6.07, 6.45) is 0. The molecule has 2 atom stereocenters. The van der Waals surface area contributed by atoms with Gasteiger partial charge in [0.2, 0.25) is 0 Å². The topological polar surface area (TPSA) is 0 Å². The molecule has 0 spiro atoms. The minimum absolute atomic E-state index is 0. The van der Waals surface area contributed by atoms with Crippen LogP contribution in [0.3, 0.4) is 0 Å². The maximum absolute atomic E-state index is 2.62. The molecule has 2 rings (SSSR count). The van der Waals surface area contributed by atoms with E-state index in [4.69, 9.17) is 0 Å². The summed E-state index contributed by atoms with van der Waals surface area (Å²) in [5.74, 6) is 0. The third-order valence-electron chi connectivity index (χ3n) is 3.47. The molecule has 0 bridgehead atoms. The fourth-order valence-corrected chi connectivity index (χ4v) is 2.79. The number of fused-ring (bicyclic) bond motifs is 1. The van der Waals surface area contributed by atoms with Gasteiger partial charge >= 0.3 is 68.9 Å². The van der Waals surface area contributed by atoms with Gasteiger partial charge in [-0.1, -0.05) is 0 Å². The summed E-state index contributed by atoms with van der Waals surface area (Å²) in [5, 5.41) is 0. The van der Waals surface area contributed by atoms with Crippen LogP contribution in [0.5, 0.6) is 0 Å². The largest absolute Gasteiger partial charge is 1.00 e. The summed E-state index contributed by atoms with van der Waals surface area (Å²) >= 11 is 0. The van der Waals surface area contributed by atoms with Crippen molar-refractivity contribution in [2.24, 2.45) is 0 Å². The molecule has 10 heteroatoms. The molecule has 0 N–H and O–H groups in total. The van der Waals surface area contributed by atoms with Crippen LogP contribution in [0.1, 0.15) is 0 Å². The molecule has 2 unspecified atom stereocenters. The van der Waals surface area contributed by atoms with Crippen LogP contribution in [0.25, 0.3) is 0 Å². The molecule has 0 aromatic rings. The first-order valence-corrected chi connectivity index (χ1v) is 5.30. The zero-order valence-electron chi connectivity index (χ0n) is 8.39. The van der Waals surface area contributed by atoms with E-state index in [2.05, 4.69) is 7.17 Å². The minimum atomic E-state index is 0. The Morgan fingerprint density at radius 1 is 0.833 bits per heavy atom. The zero-order chi connectivity index (χ0) is 7.52. The first-order valence-electron chi connectivity index (χ1n) is 5.30. The van der Waals surface area contributed by atoms with E-state index >= 15 is 0 Å². The Morgan fingerprint density at radius 2 is 1.50 bits per heavy atom. The average Bonchev–Trinajstić information content (AvgIpc) is 2.28. The molecular weight excluding hydrogens is 254 g/mol. The molecule has 12 heavy (non-hydrogen) atoms. The van der Waals surface area contributed by atoms with Crippen molar-refractivity contribution in [3.8, 4) is 0 Å². The van der Waals surface area contributed by atoms with E-state index < -0.39 is 0 Å². The van der Waals surface area contributed by atoms with E-state index in [0.717, 1.165) is 11.4 Å². The summed E-state index contributed by atoms with van der Waals surface area (Å²) in [7, 11) is 14.6. The predicted octanol–water partition coefficient (Wildman–Crippen LogP) is -7.89. The van der Waals surface area contributed by atoms with Gasteiger partial charge in [-0.15, -0.1) is 5.72 Å². The van der Waals surface area contributed by atoms with Crippen LogP contribution in [0.15, 0.2) is 0 Å². The quantitative estimate of drug-likeness (QED) is 0.381. The van der Waals surface area contributed by atoms with E-state index in [1.165, 1.54) is 56.8 Å². The van der Waals surface area contributed by atoms with E-state index in [0.29, 0.717) is 0 Å². The van der Waals surface area contributed by atoms with E-state index in [1.807, 2.05) is 0 Å². The molecule has 0 aromatic heterocycles. The third kappa shape index (κ3) is 3.66. The first kappa shape index (κ1) is 12.7. The van der Waals surface area contributed by atoms with E-state index in [-0.39, 0.29) is 68.9 Å². The molecule has 0 aromatic carbocycles. The molecule has 2 heterocycles. The fraction of sp³-hybridized carbons (Fsp3) is 1.00. The maximum atomic E-state index is 2.62. The average molecular weight is 264 g/mol. The van der Waals surface area contributed by atoms with Crippen LogP contribution in [0.4, 0.5) is 0 Å². The Labute approximate surface area is 141 Å². The van der Waals surface area contributed by atoms with Crippen LogP contribution >= 0.6 is 0 Å². The van der Waals surface area contributed by atoms with Crippen molar-refractivity contribution in [1.29, 1.82) is 0 Å². The Morgan fingerprint density at radius 3 is 2.33 bits per heavy atom. The summed E-state index contributed by atoms with van der Waals surface area (Å²) in [4.78, 5) is 0. The Balaban J connectivity index is 0.000000720. The van der Waals surface area contributed by atoms with Gasteiger partial charge in [0.25, 0.3) is 0 Å². The van der Waals surface area contributed by atoms with E-state index in [9.17, 15) is 0 Å². The van der Waals surface area contributed by atoms with Gasteiger partial charge in [-0.3, -0.25) is 5.72 Å². The van der Waals surface area contributed by atoms with Gasteiger partial charge in [-0.05, 0) is 0 Å². The second kappa shape index (κ2) is 7.00. The number of hydrogen-bond donors (Lipinski definition) is 0. The SMILES string of the molecule is [B-]1BBBBC2BBBBC12.[Cs+]. The predicted molar refractivity (Wildman–Crippen MR) is 70.4 cm³/mol. The molecule has 0 nitrogen and oxygen atoms in total. The molecule has 0 saturated carbocycles. The molecule has 46 valence electrons. The Bertz CT molecular complexity index is 116. The Hall–Kier alpha value is 2.64. The van der Waals surface area contributed by atoms with Gasteiger partial charge in [0.1, 0.15) is 0 Å². The molecule has 2 aliphatic heterocycles. The van der Waals surface area contributed by atoms with Crippen molar-refractivity contribution in [2.75, 3.05) is 0 Å². The second-order valence-corrected chi connectivity index (χ2v) is 4.23. The monoisotopic (exact) mass is 266 g/mol. The van der Waals surface area contributed by atoms with Gasteiger partial charge in [0, 0.05) is 35.4 Å². The molecule has 2 radical (unpaired) electrons. The fourth-order valence-electron chi connectivity index (χ4n) is 2.79. The summed E-state index contributed by atoms with van der Waals surface area (Å²) in [6.45, 7) is 0. The summed E-state index contributed by atoms with van der Waals surface area (Å²) in [6, 6.07) is 0. The van der Waals surface area contributed by atoms with Crippen molar-refractivity contribution in [1.82, 2.24) is 0 Å². The third-order valence-corrected chi connectivity index (χ3v) is 3.47. The molecule has 0 aliphatic carbocycles. The first-order chi connectivity index (χ1) is 5.47. The van der Waals surface area contributed by atoms with Gasteiger partial charge in [0.05, 0.1) is 14.3 Å². The maximum Gasteiger partial charge on any atom is 1.00 e. The van der Waals surface area contributed by atoms with Crippen molar-refractivity contribution in [3.63, 3.8) is 0 Å². The molecule has 2 aliphatic rings. The molecule has 2 fully saturated rings. The van der Waals surface area contributed by atoms with Gasteiger partial charge < -0.3 is 7.17 Å². The zero-order valence-corrected chi connectivity index (χ0v) is 14.7.